The van der Waals surface area contributed by atoms with Crippen LogP contribution in [-0.2, 0) is 4.74 Å². The van der Waals surface area contributed by atoms with Gasteiger partial charge in [-0.1, -0.05) is 24.8 Å². The number of nitrogens with two attached hydrogens (primary N) is 1. The normalized spacial score (nSPS) is 26.1. The Balaban J connectivity index is 1.52. The molecule has 9 heteroatoms. The van der Waals surface area contributed by atoms with Gasteiger partial charge in [0.25, 0.3) is 0 Å². The molecule has 0 saturated heterocycles. The van der Waals surface area contributed by atoms with Crippen molar-refractivity contribution in [3.8, 4) is 5.88 Å². The van der Waals surface area contributed by atoms with Crippen molar-refractivity contribution in [3.63, 3.8) is 0 Å². The van der Waals surface area contributed by atoms with E-state index in [1.54, 1.807) is 24.9 Å². The molecule has 2 heterocycles. The lowest BCUT2D eigenvalue weighted by molar-refractivity contribution is 0.0698. The van der Waals surface area contributed by atoms with E-state index in [-0.39, 0.29) is 35.5 Å². The van der Waals surface area contributed by atoms with Crippen molar-refractivity contribution in [3.05, 3.63) is 53.2 Å². The van der Waals surface area contributed by atoms with Crippen LogP contribution in [0.15, 0.2) is 35.6 Å². The Hall–Kier alpha value is -2.52. The lowest BCUT2D eigenvalue weighted by atomic mass is 9.98. The average molecular weight is 447 g/mol. The van der Waals surface area contributed by atoms with E-state index in [0.717, 1.165) is 0 Å². The molecular weight excluding hydrogens is 422 g/mol. The van der Waals surface area contributed by atoms with Crippen LogP contribution in [0.25, 0.3) is 11.9 Å². The van der Waals surface area contributed by atoms with Gasteiger partial charge in [0, 0.05) is 23.8 Å². The summed E-state index contributed by atoms with van der Waals surface area (Å²) in [5, 5.41) is 0.834. The van der Waals surface area contributed by atoms with Crippen LogP contribution in [0.2, 0.25) is 0 Å². The summed E-state index contributed by atoms with van der Waals surface area (Å²) in [5.41, 5.74) is 6.94. The van der Waals surface area contributed by atoms with E-state index in [4.69, 9.17) is 15.2 Å². The third kappa shape index (κ3) is 4.72. The molecule has 5 unspecified atom stereocenters. The standard InChI is InChI=1S/C22H24F2N4O2S/c1-11(29-3)10-30-18-9-26-17(8-27-18)16(24)7-13-4-5-15(23)14(6-13)20-19-12(2)21(19)31-22(25)28-20/h4-9,11-12,19-21H,10H2,1-3H3,(H2,25,28)/b16-7-. The average Bonchev–Trinajstić information content (AvgIpc) is 3.42. The summed E-state index contributed by atoms with van der Waals surface area (Å²) in [6, 6.07) is 4.14. The number of hydrogen-bond donors (Lipinski definition) is 1. The Kier molecular flexibility index (Phi) is 6.24. The first-order chi connectivity index (χ1) is 14.9. The van der Waals surface area contributed by atoms with Gasteiger partial charge in [-0.15, -0.1) is 0 Å². The molecule has 0 radical (unpaired) electrons. The number of halogens is 2. The molecule has 1 aliphatic carbocycles. The first-order valence-corrected chi connectivity index (χ1v) is 10.9. The van der Waals surface area contributed by atoms with E-state index >= 15 is 0 Å². The zero-order valence-electron chi connectivity index (χ0n) is 17.5. The highest BCUT2D eigenvalue weighted by Gasteiger charge is 2.55. The van der Waals surface area contributed by atoms with Gasteiger partial charge in [0.05, 0.1) is 24.5 Å². The van der Waals surface area contributed by atoms with Crippen molar-refractivity contribution < 1.29 is 18.3 Å². The number of thioether (sulfide) groups is 1. The molecule has 6 nitrogen and oxygen atoms in total. The number of aliphatic imine (C=N–C) groups is 1. The van der Waals surface area contributed by atoms with Crippen molar-refractivity contribution in [2.45, 2.75) is 31.2 Å². The molecule has 2 N–H and O–H groups in total. The third-order valence-corrected chi connectivity index (χ3v) is 6.99. The fraction of sp³-hybridized carbons (Fsp3) is 0.409. The van der Waals surface area contributed by atoms with E-state index in [0.29, 0.717) is 34.1 Å². The number of aromatic nitrogens is 2. The molecule has 2 aromatic rings. The van der Waals surface area contributed by atoms with Crippen LogP contribution in [-0.4, -0.2) is 40.2 Å². The summed E-state index contributed by atoms with van der Waals surface area (Å²) in [5.74, 6) is -0.00596. The van der Waals surface area contributed by atoms with E-state index in [2.05, 4.69) is 21.9 Å². The number of rotatable bonds is 7. The molecular formula is C22H24F2N4O2S. The maximum atomic E-state index is 14.8. The molecule has 1 saturated carbocycles. The molecule has 0 amide bonds. The van der Waals surface area contributed by atoms with Gasteiger partial charge in [-0.3, -0.25) is 4.99 Å². The first-order valence-electron chi connectivity index (χ1n) is 10.0. The largest absolute Gasteiger partial charge is 0.474 e. The molecule has 0 spiro atoms. The highest BCUT2D eigenvalue weighted by molar-refractivity contribution is 8.14. The van der Waals surface area contributed by atoms with E-state index in [9.17, 15) is 8.78 Å². The Morgan fingerprint density at radius 1 is 1.32 bits per heavy atom. The number of amidine groups is 1. The molecule has 31 heavy (non-hydrogen) atoms. The Morgan fingerprint density at radius 2 is 2.13 bits per heavy atom. The fourth-order valence-electron chi connectivity index (χ4n) is 3.66. The van der Waals surface area contributed by atoms with Gasteiger partial charge in [0.2, 0.25) is 5.88 Å². The second-order valence-corrected chi connectivity index (χ2v) is 9.00. The first kappa shape index (κ1) is 21.7. The number of ether oxygens (including phenoxy) is 2. The fourth-order valence-corrected chi connectivity index (χ4v) is 4.97. The molecule has 4 rings (SSSR count). The SMILES string of the molecule is COC(C)COc1cnc(/C(F)=C/c2ccc(F)c(C3N=C(N)SC4C(C)C34)c2)cn1. The molecule has 164 valence electrons. The highest BCUT2D eigenvalue weighted by atomic mass is 32.2. The lowest BCUT2D eigenvalue weighted by Gasteiger charge is -2.19. The van der Waals surface area contributed by atoms with Crippen LogP contribution in [0.1, 0.15) is 36.7 Å². The number of hydrogen-bond acceptors (Lipinski definition) is 7. The van der Waals surface area contributed by atoms with Gasteiger partial charge < -0.3 is 15.2 Å². The summed E-state index contributed by atoms with van der Waals surface area (Å²) in [6.07, 6.45) is 3.86. The van der Waals surface area contributed by atoms with Gasteiger partial charge in [0.1, 0.15) is 18.1 Å². The maximum Gasteiger partial charge on any atom is 0.232 e. The van der Waals surface area contributed by atoms with Crippen molar-refractivity contribution in [1.29, 1.82) is 0 Å². The summed E-state index contributed by atoms with van der Waals surface area (Å²) < 4.78 is 39.9. The van der Waals surface area contributed by atoms with Gasteiger partial charge in [0.15, 0.2) is 11.0 Å². The van der Waals surface area contributed by atoms with Crippen molar-refractivity contribution >= 4 is 28.8 Å². The molecule has 1 fully saturated rings. The molecule has 1 aliphatic heterocycles. The topological polar surface area (TPSA) is 82.6 Å². The smallest absolute Gasteiger partial charge is 0.232 e. The van der Waals surface area contributed by atoms with Crippen LogP contribution >= 0.6 is 11.8 Å². The van der Waals surface area contributed by atoms with Gasteiger partial charge >= 0.3 is 0 Å². The van der Waals surface area contributed by atoms with Crippen LogP contribution in [0.4, 0.5) is 8.78 Å². The second kappa shape index (κ2) is 8.92. The maximum absolute atomic E-state index is 14.8. The van der Waals surface area contributed by atoms with Crippen molar-refractivity contribution in [1.82, 2.24) is 9.97 Å². The third-order valence-electron chi connectivity index (χ3n) is 5.62. The lowest BCUT2D eigenvalue weighted by Crippen LogP contribution is -2.17. The van der Waals surface area contributed by atoms with Gasteiger partial charge in [-0.25, -0.2) is 18.7 Å². The summed E-state index contributed by atoms with van der Waals surface area (Å²) >= 11 is 1.55. The summed E-state index contributed by atoms with van der Waals surface area (Å²) in [4.78, 5) is 12.6. The van der Waals surface area contributed by atoms with E-state index in [1.807, 2.05) is 6.92 Å². The van der Waals surface area contributed by atoms with Gasteiger partial charge in [-0.2, -0.15) is 0 Å². The Labute approximate surface area is 184 Å². The Morgan fingerprint density at radius 3 is 2.84 bits per heavy atom. The van der Waals surface area contributed by atoms with E-state index < -0.39 is 5.83 Å². The predicted molar refractivity (Wildman–Crippen MR) is 118 cm³/mol. The van der Waals surface area contributed by atoms with Crippen molar-refractivity contribution in [2.24, 2.45) is 22.6 Å². The molecule has 1 aromatic heterocycles. The monoisotopic (exact) mass is 446 g/mol. The number of benzene rings is 1. The van der Waals surface area contributed by atoms with Crippen LogP contribution in [0, 0.1) is 17.7 Å². The summed E-state index contributed by atoms with van der Waals surface area (Å²) in [6.45, 7) is 4.29. The zero-order valence-corrected chi connectivity index (χ0v) is 18.3. The Bertz CT molecular complexity index is 1020. The van der Waals surface area contributed by atoms with Crippen LogP contribution in [0.3, 0.4) is 0 Å². The molecule has 1 aromatic carbocycles. The molecule has 0 bridgehead atoms. The van der Waals surface area contributed by atoms with Crippen LogP contribution < -0.4 is 10.5 Å². The zero-order chi connectivity index (χ0) is 22.1. The minimum atomic E-state index is -0.582. The second-order valence-electron chi connectivity index (χ2n) is 7.80. The minimum Gasteiger partial charge on any atom is -0.474 e. The van der Waals surface area contributed by atoms with Gasteiger partial charge in [-0.05, 0) is 36.6 Å². The van der Waals surface area contributed by atoms with E-state index in [1.165, 1.54) is 30.6 Å². The number of methoxy groups -OCH3 is 1. The quantitative estimate of drug-likeness (QED) is 0.685. The number of fused-ring (bicyclic) bond motifs is 1. The van der Waals surface area contributed by atoms with Crippen LogP contribution in [0.5, 0.6) is 5.88 Å². The molecule has 5 atom stereocenters. The molecule has 2 aliphatic rings. The number of nitrogens with zero attached hydrogens (tertiary/aromatic N) is 3. The van der Waals surface area contributed by atoms with Crippen molar-refractivity contribution in [2.75, 3.05) is 13.7 Å². The predicted octanol–water partition coefficient (Wildman–Crippen LogP) is 4.23. The summed E-state index contributed by atoms with van der Waals surface area (Å²) in [7, 11) is 1.59. The highest BCUT2D eigenvalue weighted by Crippen LogP contribution is 2.58. The minimum absolute atomic E-state index is 0.0604.